The van der Waals surface area contributed by atoms with E-state index in [-0.39, 0.29) is 0 Å². The van der Waals surface area contributed by atoms with E-state index in [1.54, 1.807) is 0 Å². The third kappa shape index (κ3) is 4.94. The Balaban J connectivity index is 1.27. The Morgan fingerprint density at radius 3 is 1.37 bits per heavy atom. The van der Waals surface area contributed by atoms with E-state index in [1.807, 2.05) is 103 Å². The molecule has 0 atom stereocenters. The summed E-state index contributed by atoms with van der Waals surface area (Å²) in [6.07, 6.45) is 0. The van der Waals surface area contributed by atoms with Crippen molar-refractivity contribution in [3.05, 3.63) is 211 Å². The van der Waals surface area contributed by atoms with Crippen molar-refractivity contribution >= 4 is 115 Å². The van der Waals surface area contributed by atoms with E-state index in [2.05, 4.69) is 112 Å². The third-order valence-corrected chi connectivity index (χ3v) is 14.5. The SMILES string of the molecule is [C-]#[N+]c1c(-c2ccccc2)c(C#N)c(-n2c3cccc(C)c3c3ccc4c5ccccc5oc4c32)c(-c2ccccc2)c1-n1c2c(ccc3c4ccccc4oc32)c2ccc3c4ccccc4oc3c21. The molecule has 0 amide bonds. The van der Waals surface area contributed by atoms with Crippen LogP contribution in [0.3, 0.4) is 0 Å². The van der Waals surface area contributed by atoms with Crippen LogP contribution in [0.25, 0.3) is 148 Å². The number of aryl methyl sites for hydroxylation is 1. The summed E-state index contributed by atoms with van der Waals surface area (Å²) >= 11 is 0. The molecule has 10 aromatic carbocycles. The number of benzene rings is 10. The molecule has 5 heterocycles. The van der Waals surface area contributed by atoms with Gasteiger partial charge in [0.2, 0.25) is 5.69 Å². The molecule has 0 aliphatic heterocycles. The average molecular weight is 895 g/mol. The van der Waals surface area contributed by atoms with Crippen molar-refractivity contribution in [2.75, 3.05) is 0 Å². The minimum atomic E-state index is 0.316. The predicted octanol–water partition coefficient (Wildman–Crippen LogP) is 17.6. The van der Waals surface area contributed by atoms with Crippen LogP contribution in [0.1, 0.15) is 11.1 Å². The second-order valence-corrected chi connectivity index (χ2v) is 18.1. The Bertz CT molecular complexity index is 4730. The molecule has 70 heavy (non-hydrogen) atoms. The predicted molar refractivity (Wildman–Crippen MR) is 284 cm³/mol. The van der Waals surface area contributed by atoms with Gasteiger partial charge in [-0.25, -0.2) is 4.85 Å². The van der Waals surface area contributed by atoms with Gasteiger partial charge >= 0.3 is 0 Å². The van der Waals surface area contributed by atoms with Gasteiger partial charge in [0, 0.05) is 65.0 Å². The molecule has 0 saturated heterocycles. The van der Waals surface area contributed by atoms with Crippen molar-refractivity contribution in [2.45, 2.75) is 6.92 Å². The van der Waals surface area contributed by atoms with Gasteiger partial charge in [-0.15, -0.1) is 0 Å². The first-order valence-corrected chi connectivity index (χ1v) is 23.3. The van der Waals surface area contributed by atoms with Crippen molar-refractivity contribution in [1.29, 1.82) is 5.26 Å². The summed E-state index contributed by atoms with van der Waals surface area (Å²) in [7, 11) is 0. The molecule has 7 heteroatoms. The van der Waals surface area contributed by atoms with E-state index in [9.17, 15) is 11.8 Å². The summed E-state index contributed by atoms with van der Waals surface area (Å²) in [5.41, 5.74) is 13.4. The molecule has 7 nitrogen and oxygen atoms in total. The molecular weight excluding hydrogens is 861 g/mol. The Labute approximate surface area is 398 Å². The maximum absolute atomic E-state index is 12.1. The van der Waals surface area contributed by atoms with Crippen LogP contribution in [0.5, 0.6) is 0 Å². The van der Waals surface area contributed by atoms with Gasteiger partial charge in [-0.3, -0.25) is 0 Å². The maximum atomic E-state index is 12.1. The lowest BCUT2D eigenvalue weighted by molar-refractivity contribution is 0.669. The molecule has 15 aromatic rings. The number of para-hydroxylation sites is 3. The molecule has 0 saturated carbocycles. The molecule has 0 aliphatic rings. The second kappa shape index (κ2) is 14.1. The number of rotatable bonds is 4. The minimum absolute atomic E-state index is 0.316. The zero-order valence-electron chi connectivity index (χ0n) is 37.4. The highest BCUT2D eigenvalue weighted by atomic mass is 16.3. The third-order valence-electron chi connectivity index (χ3n) is 14.5. The lowest BCUT2D eigenvalue weighted by Crippen LogP contribution is -2.09. The van der Waals surface area contributed by atoms with Gasteiger partial charge in [0.05, 0.1) is 45.6 Å². The molecule has 0 aliphatic carbocycles. The van der Waals surface area contributed by atoms with Crippen molar-refractivity contribution in [2.24, 2.45) is 0 Å². The van der Waals surface area contributed by atoms with Gasteiger partial charge in [0.25, 0.3) is 0 Å². The maximum Gasteiger partial charge on any atom is 0.220 e. The first-order chi connectivity index (χ1) is 34.6. The summed E-state index contributed by atoms with van der Waals surface area (Å²) in [6, 6.07) is 66.5. The van der Waals surface area contributed by atoms with Gasteiger partial charge in [-0.1, -0.05) is 146 Å². The smallest absolute Gasteiger partial charge is 0.220 e. The van der Waals surface area contributed by atoms with Crippen LogP contribution >= 0.6 is 0 Å². The zero-order valence-corrected chi connectivity index (χ0v) is 37.4. The fraction of sp³-hybridized carbons (Fsp3) is 0.0159. The van der Waals surface area contributed by atoms with Crippen LogP contribution in [0.15, 0.2) is 201 Å². The number of hydrogen-bond acceptors (Lipinski definition) is 4. The first kappa shape index (κ1) is 38.3. The lowest BCUT2D eigenvalue weighted by Gasteiger charge is -2.25. The van der Waals surface area contributed by atoms with Crippen LogP contribution < -0.4 is 0 Å². The van der Waals surface area contributed by atoms with E-state index < -0.39 is 0 Å². The number of fused-ring (bicyclic) bond motifs is 18. The summed E-state index contributed by atoms with van der Waals surface area (Å²) in [5.74, 6) is 0. The Morgan fingerprint density at radius 2 is 0.871 bits per heavy atom. The fourth-order valence-electron chi connectivity index (χ4n) is 11.6. The summed E-state index contributed by atoms with van der Waals surface area (Å²) in [6.45, 7) is 11.6. The van der Waals surface area contributed by atoms with Crippen molar-refractivity contribution in [3.8, 4) is 39.7 Å². The molecule has 0 bridgehead atoms. The van der Waals surface area contributed by atoms with Gasteiger partial charge in [-0.05, 0) is 66.1 Å². The highest BCUT2D eigenvalue weighted by Gasteiger charge is 2.34. The minimum Gasteiger partial charge on any atom is -0.454 e. The molecular formula is C63H34N4O3. The monoisotopic (exact) mass is 894 g/mol. The highest BCUT2D eigenvalue weighted by Crippen LogP contribution is 2.55. The van der Waals surface area contributed by atoms with Crippen molar-refractivity contribution in [1.82, 2.24) is 9.13 Å². The Hall–Kier alpha value is -9.82. The number of hydrogen-bond donors (Lipinski definition) is 0. The van der Waals surface area contributed by atoms with Gasteiger partial charge in [0.1, 0.15) is 22.8 Å². The average Bonchev–Trinajstić information content (AvgIpc) is 4.23. The van der Waals surface area contributed by atoms with Crippen LogP contribution in [0, 0.1) is 24.8 Å². The highest BCUT2D eigenvalue weighted by molar-refractivity contribution is 6.28. The largest absolute Gasteiger partial charge is 0.454 e. The van der Waals surface area contributed by atoms with Gasteiger partial charge in [-0.2, -0.15) is 5.26 Å². The summed E-state index contributed by atoms with van der Waals surface area (Å²) in [4.78, 5) is 4.59. The molecule has 0 spiro atoms. The van der Waals surface area contributed by atoms with Crippen LogP contribution in [-0.4, -0.2) is 9.13 Å². The molecule has 15 rings (SSSR count). The summed E-state index contributed by atoms with van der Waals surface area (Å²) in [5, 5.41) is 21.8. The topological polar surface area (TPSA) is 77.4 Å². The van der Waals surface area contributed by atoms with Crippen LogP contribution in [-0.2, 0) is 0 Å². The van der Waals surface area contributed by atoms with E-state index in [0.717, 1.165) is 109 Å². The van der Waals surface area contributed by atoms with Crippen LogP contribution in [0.2, 0.25) is 0 Å². The molecule has 324 valence electrons. The molecule has 0 unspecified atom stereocenters. The number of nitrogens with zero attached hydrogens (tertiary/aromatic N) is 4. The summed E-state index contributed by atoms with van der Waals surface area (Å²) < 4.78 is 25.5. The Kier molecular flexibility index (Phi) is 7.72. The number of nitriles is 1. The van der Waals surface area contributed by atoms with Crippen molar-refractivity contribution < 1.29 is 13.3 Å². The normalized spacial score (nSPS) is 12.0. The van der Waals surface area contributed by atoms with E-state index >= 15 is 0 Å². The van der Waals surface area contributed by atoms with E-state index in [4.69, 9.17) is 13.3 Å². The van der Waals surface area contributed by atoms with Crippen LogP contribution in [0.4, 0.5) is 5.69 Å². The molecule has 0 radical (unpaired) electrons. The van der Waals surface area contributed by atoms with Crippen molar-refractivity contribution in [3.63, 3.8) is 0 Å². The second-order valence-electron chi connectivity index (χ2n) is 18.1. The number of furan rings is 3. The zero-order chi connectivity index (χ0) is 46.4. The molecule has 0 N–H and O–H groups in total. The molecule has 5 aromatic heterocycles. The lowest BCUT2D eigenvalue weighted by atomic mass is 9.88. The number of aromatic nitrogens is 2. The fourth-order valence-corrected chi connectivity index (χ4v) is 11.6. The van der Waals surface area contributed by atoms with E-state index in [0.29, 0.717) is 50.5 Å². The first-order valence-electron chi connectivity index (χ1n) is 23.3. The quantitative estimate of drug-likeness (QED) is 0.165. The van der Waals surface area contributed by atoms with E-state index in [1.165, 1.54) is 0 Å². The molecule has 0 fully saturated rings. The van der Waals surface area contributed by atoms with Gasteiger partial charge in [0.15, 0.2) is 16.7 Å². The van der Waals surface area contributed by atoms with Gasteiger partial charge < -0.3 is 22.4 Å². The standard InChI is InChI=1S/C63H34N4O3/c1-35-16-15-24-48-52(35)46-33-32-45-40-23-11-14-27-51(40)70-63(45)59(46)66(48)56-47(34-64)53(36-17-5-3-6-18-36)55(65-2)60(54(56)37-19-7-4-8-20-37)67-57-41(28-30-43-38-21-9-12-25-49(38)68-61(43)57)42-29-31-44-39-22-10-13-26-50(39)69-62(44)58(42)67/h3-33H,1H3. The Morgan fingerprint density at radius 1 is 0.429 bits per heavy atom.